The monoisotopic (exact) mass is 303 g/mol. The Morgan fingerprint density at radius 2 is 2.20 bits per heavy atom. The van der Waals surface area contributed by atoms with E-state index in [0.29, 0.717) is 17.7 Å². The number of phosphoric acid groups is 1. The number of ether oxygens (including phenoxy) is 1. The van der Waals surface area contributed by atoms with Gasteiger partial charge in [0.05, 0.1) is 19.0 Å². The van der Waals surface area contributed by atoms with Crippen molar-refractivity contribution in [3.8, 4) is 0 Å². The molecule has 0 spiro atoms. The van der Waals surface area contributed by atoms with Gasteiger partial charge in [-0.15, -0.1) is 0 Å². The van der Waals surface area contributed by atoms with Gasteiger partial charge in [-0.2, -0.15) is 0 Å². The van der Waals surface area contributed by atoms with Crippen molar-refractivity contribution in [2.45, 2.75) is 19.6 Å². The Bertz CT molecular complexity index is 641. The molecule has 0 amide bonds. The Morgan fingerprint density at radius 1 is 1.45 bits per heavy atom. The second-order valence-corrected chi connectivity index (χ2v) is 5.28. The third-order valence-corrected chi connectivity index (χ3v) is 2.90. The Kier molecular flexibility index (Phi) is 4.31. The molecule has 10 nitrogen and oxygen atoms in total. The van der Waals surface area contributed by atoms with Crippen LogP contribution in [-0.4, -0.2) is 42.2 Å². The Morgan fingerprint density at radius 3 is 2.90 bits per heavy atom. The van der Waals surface area contributed by atoms with E-state index in [2.05, 4.69) is 19.5 Å². The number of imidazole rings is 1. The molecule has 0 fully saturated rings. The number of fused-ring (bicyclic) bond motifs is 1. The maximum atomic E-state index is 10.5. The van der Waals surface area contributed by atoms with Crippen LogP contribution in [0.15, 0.2) is 12.7 Å². The van der Waals surface area contributed by atoms with Crippen LogP contribution in [0.25, 0.3) is 11.2 Å². The molecule has 2 rings (SSSR count). The van der Waals surface area contributed by atoms with Crippen LogP contribution in [0, 0.1) is 0 Å². The van der Waals surface area contributed by atoms with Gasteiger partial charge >= 0.3 is 7.82 Å². The topological polar surface area (TPSA) is 146 Å². The highest BCUT2D eigenvalue weighted by molar-refractivity contribution is 7.46. The minimum absolute atomic E-state index is 0.284. The van der Waals surface area contributed by atoms with Crippen LogP contribution in [0.5, 0.6) is 0 Å². The van der Waals surface area contributed by atoms with Crippen LogP contribution in [0.1, 0.15) is 6.92 Å². The van der Waals surface area contributed by atoms with Crippen molar-refractivity contribution in [3.05, 3.63) is 12.7 Å². The fraction of sp³-hybridized carbons (Fsp3) is 0.444. The molecule has 1 atom stereocenters. The van der Waals surface area contributed by atoms with Gasteiger partial charge in [-0.1, -0.05) is 0 Å². The smallest absolute Gasteiger partial charge is 0.382 e. The van der Waals surface area contributed by atoms with E-state index in [1.165, 1.54) is 6.33 Å². The molecule has 0 aliphatic carbocycles. The zero-order chi connectivity index (χ0) is 14.8. The average Bonchev–Trinajstić information content (AvgIpc) is 2.72. The first-order chi connectivity index (χ1) is 9.37. The number of nitrogens with zero attached hydrogens (tertiary/aromatic N) is 4. The number of anilines is 1. The molecule has 0 aromatic carbocycles. The van der Waals surface area contributed by atoms with E-state index >= 15 is 0 Å². The summed E-state index contributed by atoms with van der Waals surface area (Å²) < 4.78 is 21.5. The zero-order valence-corrected chi connectivity index (χ0v) is 11.5. The molecular weight excluding hydrogens is 289 g/mol. The van der Waals surface area contributed by atoms with Gasteiger partial charge < -0.3 is 24.8 Å². The molecule has 110 valence electrons. The summed E-state index contributed by atoms with van der Waals surface area (Å²) in [4.78, 5) is 29.0. The van der Waals surface area contributed by atoms with Crippen molar-refractivity contribution in [1.29, 1.82) is 0 Å². The Labute approximate surface area is 113 Å². The van der Waals surface area contributed by atoms with E-state index in [-0.39, 0.29) is 11.9 Å². The molecule has 0 radical (unpaired) electrons. The number of nitrogens with two attached hydrogens (primary N) is 1. The summed E-state index contributed by atoms with van der Waals surface area (Å²) in [5, 5.41) is 0. The number of rotatable bonds is 6. The highest BCUT2D eigenvalue weighted by Crippen LogP contribution is 2.35. The summed E-state index contributed by atoms with van der Waals surface area (Å²) >= 11 is 0. The zero-order valence-electron chi connectivity index (χ0n) is 10.6. The van der Waals surface area contributed by atoms with E-state index in [4.69, 9.17) is 20.3 Å². The maximum Gasteiger partial charge on any atom is 0.471 e. The minimum atomic E-state index is -4.52. The predicted octanol–water partition coefficient (Wildman–Crippen LogP) is -0.120. The lowest BCUT2D eigenvalue weighted by Crippen LogP contribution is -2.17. The molecule has 2 heterocycles. The average molecular weight is 303 g/mol. The highest BCUT2D eigenvalue weighted by atomic mass is 31.2. The molecule has 0 saturated heterocycles. The van der Waals surface area contributed by atoms with Gasteiger partial charge in [0, 0.05) is 0 Å². The van der Waals surface area contributed by atoms with Crippen LogP contribution in [0.2, 0.25) is 0 Å². The van der Waals surface area contributed by atoms with Crippen LogP contribution >= 0.6 is 7.82 Å². The van der Waals surface area contributed by atoms with Crippen molar-refractivity contribution in [3.63, 3.8) is 0 Å². The van der Waals surface area contributed by atoms with Gasteiger partial charge in [0.2, 0.25) is 0 Å². The molecule has 20 heavy (non-hydrogen) atoms. The number of hydrogen-bond donors (Lipinski definition) is 3. The molecule has 2 aromatic heterocycles. The first-order valence-electron chi connectivity index (χ1n) is 5.60. The lowest BCUT2D eigenvalue weighted by atomic mass is 10.4. The van der Waals surface area contributed by atoms with Crippen molar-refractivity contribution in [2.24, 2.45) is 0 Å². The molecule has 11 heteroatoms. The van der Waals surface area contributed by atoms with E-state index in [1.54, 1.807) is 17.8 Å². The lowest BCUT2D eigenvalue weighted by Gasteiger charge is -2.14. The van der Waals surface area contributed by atoms with Gasteiger partial charge in [0.15, 0.2) is 18.3 Å². The molecule has 0 unspecified atom stereocenters. The molecule has 0 aliphatic rings. The van der Waals surface area contributed by atoms with Gasteiger partial charge in [0.25, 0.3) is 0 Å². The van der Waals surface area contributed by atoms with Gasteiger partial charge in [0.1, 0.15) is 11.8 Å². The Hall–Kier alpha value is -1.58. The molecule has 0 saturated carbocycles. The fourth-order valence-electron chi connectivity index (χ4n) is 1.58. The third-order valence-electron chi connectivity index (χ3n) is 2.46. The largest absolute Gasteiger partial charge is 0.471 e. The van der Waals surface area contributed by atoms with Crippen molar-refractivity contribution < 1.29 is 23.6 Å². The lowest BCUT2D eigenvalue weighted by molar-refractivity contribution is -0.0450. The van der Waals surface area contributed by atoms with Crippen LogP contribution in [0.3, 0.4) is 0 Å². The molecule has 0 aliphatic heterocycles. The molecule has 2 aromatic rings. The maximum absolute atomic E-state index is 10.5. The van der Waals surface area contributed by atoms with Gasteiger partial charge in [-0.25, -0.2) is 19.5 Å². The second-order valence-electron chi connectivity index (χ2n) is 4.04. The van der Waals surface area contributed by atoms with E-state index in [0.717, 1.165) is 0 Å². The summed E-state index contributed by atoms with van der Waals surface area (Å²) in [5.74, 6) is 0.284. The number of aromatic nitrogens is 4. The third kappa shape index (κ3) is 3.71. The van der Waals surface area contributed by atoms with Crippen molar-refractivity contribution >= 4 is 24.8 Å². The highest BCUT2D eigenvalue weighted by Gasteiger charge is 2.15. The first kappa shape index (κ1) is 14.8. The Balaban J connectivity index is 1.98. The summed E-state index contributed by atoms with van der Waals surface area (Å²) in [6.07, 6.45) is 2.51. The van der Waals surface area contributed by atoms with Crippen LogP contribution in [0.4, 0.5) is 5.82 Å². The number of nitrogen functional groups attached to an aromatic ring is 1. The summed E-state index contributed by atoms with van der Waals surface area (Å²) in [5.41, 5.74) is 6.71. The van der Waals surface area contributed by atoms with Gasteiger partial charge in [-0.05, 0) is 6.92 Å². The predicted molar refractivity (Wildman–Crippen MR) is 68.3 cm³/mol. The number of phosphoric ester groups is 1. The SMILES string of the molecule is C[C@H](Cn1cnc2c(N)ncnc21)OCOP(=O)(O)O. The minimum Gasteiger partial charge on any atom is -0.382 e. The van der Waals surface area contributed by atoms with Crippen molar-refractivity contribution in [1.82, 2.24) is 19.5 Å². The van der Waals surface area contributed by atoms with Crippen LogP contribution in [-0.2, 0) is 20.4 Å². The van der Waals surface area contributed by atoms with E-state index in [1.807, 2.05) is 0 Å². The summed E-state index contributed by atoms with van der Waals surface area (Å²) in [7, 11) is -4.52. The standard InChI is InChI=1S/C9H14N5O5P/c1-6(18-5-19-20(15,16)17)2-14-4-13-7-8(10)11-3-12-9(7)14/h3-4,6H,2,5H2,1H3,(H2,10,11,12)(H2,15,16,17)/t6-/m1/s1. The van der Waals surface area contributed by atoms with E-state index < -0.39 is 14.6 Å². The molecule has 0 bridgehead atoms. The second kappa shape index (κ2) is 5.81. The quantitative estimate of drug-likeness (QED) is 0.491. The normalized spacial score (nSPS) is 13.8. The van der Waals surface area contributed by atoms with Crippen LogP contribution < -0.4 is 5.73 Å². The first-order valence-corrected chi connectivity index (χ1v) is 7.13. The molecular formula is C9H14N5O5P. The van der Waals surface area contributed by atoms with E-state index in [9.17, 15) is 4.57 Å². The van der Waals surface area contributed by atoms with Gasteiger partial charge in [-0.3, -0.25) is 4.52 Å². The molecule has 4 N–H and O–H groups in total. The summed E-state index contributed by atoms with van der Waals surface area (Å²) in [6, 6.07) is 0. The summed E-state index contributed by atoms with van der Waals surface area (Å²) in [6.45, 7) is 1.59. The number of hydrogen-bond acceptors (Lipinski definition) is 7. The van der Waals surface area contributed by atoms with Crippen molar-refractivity contribution in [2.75, 3.05) is 12.5 Å². The fourth-order valence-corrected chi connectivity index (χ4v) is 1.78.